The zero-order valence-electron chi connectivity index (χ0n) is 28.2. The quantitative estimate of drug-likeness (QED) is 0.161. The van der Waals surface area contributed by atoms with Crippen molar-refractivity contribution >= 4 is 0 Å². The molecular formula is C49H28F4. The van der Waals surface area contributed by atoms with E-state index in [4.69, 9.17) is 0 Å². The summed E-state index contributed by atoms with van der Waals surface area (Å²) in [6.45, 7) is 0. The van der Waals surface area contributed by atoms with Gasteiger partial charge in [-0.05, 0) is 162 Å². The fourth-order valence-electron chi connectivity index (χ4n) is 8.52. The van der Waals surface area contributed by atoms with Crippen molar-refractivity contribution in [3.05, 3.63) is 215 Å². The van der Waals surface area contributed by atoms with E-state index in [0.29, 0.717) is 0 Å². The molecule has 0 atom stereocenters. The summed E-state index contributed by atoms with van der Waals surface area (Å²) >= 11 is 0. The predicted octanol–water partition coefficient (Wildman–Crippen LogP) is 13.3. The first-order valence-corrected chi connectivity index (χ1v) is 17.5. The van der Waals surface area contributed by atoms with Crippen molar-refractivity contribution in [3.8, 4) is 66.8 Å². The van der Waals surface area contributed by atoms with Crippen LogP contribution >= 0.6 is 0 Å². The van der Waals surface area contributed by atoms with Gasteiger partial charge in [0.05, 0.1) is 5.41 Å². The molecule has 2 aliphatic carbocycles. The third-order valence-corrected chi connectivity index (χ3v) is 11.0. The Labute approximate surface area is 304 Å². The maximum absolute atomic E-state index is 14.1. The molecule has 0 unspecified atom stereocenters. The Kier molecular flexibility index (Phi) is 6.93. The van der Waals surface area contributed by atoms with Crippen molar-refractivity contribution in [2.45, 2.75) is 5.41 Å². The molecule has 0 aliphatic heterocycles. The van der Waals surface area contributed by atoms with Crippen molar-refractivity contribution < 1.29 is 17.6 Å². The SMILES string of the molecule is Fc1ccc(-c2ccc3c(c2)C2(c4cc(-c5ccc(F)cc5)ccc4-3)c3cc(-c4ccc(F)cc4)ccc3-c3ccc(-c4ccc(F)cc4)cc32)cc1. The Morgan fingerprint density at radius 2 is 0.415 bits per heavy atom. The Hall–Kier alpha value is -6.52. The molecule has 0 nitrogen and oxygen atoms in total. The van der Waals surface area contributed by atoms with Crippen LogP contribution in [0.3, 0.4) is 0 Å². The van der Waals surface area contributed by atoms with Crippen LogP contribution in [0.1, 0.15) is 22.3 Å². The lowest BCUT2D eigenvalue weighted by Gasteiger charge is -2.32. The van der Waals surface area contributed by atoms with Crippen LogP contribution in [0, 0.1) is 23.3 Å². The van der Waals surface area contributed by atoms with Gasteiger partial charge in [0.25, 0.3) is 0 Å². The standard InChI is InChI=1S/C49H28F4/c50-37-13-1-29(2-14-37)33-9-21-41-42-22-10-34(30-3-15-38(51)16-4-30)26-46(42)49(45(41)25-33)47-27-35(31-5-17-39(52)18-6-31)11-23-43(47)44-24-12-36(28-48(44)49)32-7-19-40(53)20-8-32/h1-28H. The van der Waals surface area contributed by atoms with Gasteiger partial charge in [0.15, 0.2) is 0 Å². The van der Waals surface area contributed by atoms with Gasteiger partial charge in [0, 0.05) is 0 Å². The molecule has 0 radical (unpaired) electrons. The molecule has 4 heteroatoms. The van der Waals surface area contributed by atoms with Crippen molar-refractivity contribution in [2.75, 3.05) is 0 Å². The molecular weight excluding hydrogens is 665 g/mol. The molecule has 2 aliphatic rings. The van der Waals surface area contributed by atoms with Crippen LogP contribution in [-0.2, 0) is 5.41 Å². The molecule has 10 rings (SSSR count). The van der Waals surface area contributed by atoms with E-state index < -0.39 is 5.41 Å². The van der Waals surface area contributed by atoms with E-state index in [1.807, 2.05) is 0 Å². The van der Waals surface area contributed by atoms with Crippen molar-refractivity contribution in [1.29, 1.82) is 0 Å². The highest BCUT2D eigenvalue weighted by Crippen LogP contribution is 2.64. The van der Waals surface area contributed by atoms with Gasteiger partial charge in [-0.2, -0.15) is 0 Å². The maximum atomic E-state index is 14.1. The highest BCUT2D eigenvalue weighted by molar-refractivity contribution is 5.98. The summed E-state index contributed by atoms with van der Waals surface area (Å²) in [6.07, 6.45) is 0. The summed E-state index contributed by atoms with van der Waals surface area (Å²) in [7, 11) is 0. The molecule has 0 aromatic heterocycles. The van der Waals surface area contributed by atoms with E-state index in [1.54, 1.807) is 48.5 Å². The second-order valence-corrected chi connectivity index (χ2v) is 13.8. The number of halogens is 4. The lowest BCUT2D eigenvalue weighted by atomic mass is 9.69. The topological polar surface area (TPSA) is 0 Å². The highest BCUT2D eigenvalue weighted by Gasteiger charge is 2.52. The minimum atomic E-state index is -0.812. The summed E-state index contributed by atoms with van der Waals surface area (Å²) < 4.78 is 56.4. The number of hydrogen-bond acceptors (Lipinski definition) is 0. The summed E-state index contributed by atoms with van der Waals surface area (Å²) in [5.41, 5.74) is 15.2. The molecule has 0 N–H and O–H groups in total. The van der Waals surface area contributed by atoms with Gasteiger partial charge in [-0.1, -0.05) is 97.1 Å². The maximum Gasteiger partial charge on any atom is 0.123 e. The Morgan fingerprint density at radius 3 is 0.623 bits per heavy atom. The van der Waals surface area contributed by atoms with Crippen molar-refractivity contribution in [2.24, 2.45) is 0 Å². The normalized spacial score (nSPS) is 13.1. The molecule has 252 valence electrons. The van der Waals surface area contributed by atoms with Crippen LogP contribution < -0.4 is 0 Å². The van der Waals surface area contributed by atoms with Gasteiger partial charge in [-0.25, -0.2) is 17.6 Å². The second kappa shape index (κ2) is 11.8. The van der Waals surface area contributed by atoms with Crippen molar-refractivity contribution in [3.63, 3.8) is 0 Å². The lowest BCUT2D eigenvalue weighted by Crippen LogP contribution is -2.26. The first-order valence-electron chi connectivity index (χ1n) is 17.5. The van der Waals surface area contributed by atoms with Crippen LogP contribution in [-0.4, -0.2) is 0 Å². The summed E-state index contributed by atoms with van der Waals surface area (Å²) in [5, 5.41) is 0. The summed E-state index contributed by atoms with van der Waals surface area (Å²) in [4.78, 5) is 0. The van der Waals surface area contributed by atoms with Gasteiger partial charge in [0.2, 0.25) is 0 Å². The zero-order valence-corrected chi connectivity index (χ0v) is 28.2. The molecule has 8 aromatic carbocycles. The third kappa shape index (κ3) is 4.83. The fraction of sp³-hybridized carbons (Fsp3) is 0.0204. The first-order chi connectivity index (χ1) is 25.9. The van der Waals surface area contributed by atoms with E-state index in [0.717, 1.165) is 89.0 Å². The minimum Gasteiger partial charge on any atom is -0.207 e. The van der Waals surface area contributed by atoms with E-state index in [-0.39, 0.29) is 23.3 Å². The van der Waals surface area contributed by atoms with Crippen molar-refractivity contribution in [1.82, 2.24) is 0 Å². The average molecular weight is 693 g/mol. The molecule has 0 saturated carbocycles. The number of hydrogen-bond donors (Lipinski definition) is 0. The molecule has 0 fully saturated rings. The predicted molar refractivity (Wildman–Crippen MR) is 204 cm³/mol. The minimum absolute atomic E-state index is 0.299. The van der Waals surface area contributed by atoms with E-state index in [2.05, 4.69) is 72.8 Å². The van der Waals surface area contributed by atoms with Crippen LogP contribution in [0.25, 0.3) is 66.8 Å². The average Bonchev–Trinajstić information content (AvgIpc) is 3.64. The Balaban J connectivity index is 1.31. The van der Waals surface area contributed by atoms with Gasteiger partial charge in [-0.3, -0.25) is 0 Å². The molecule has 0 amide bonds. The van der Waals surface area contributed by atoms with Crippen LogP contribution in [0.15, 0.2) is 170 Å². The molecule has 0 heterocycles. The zero-order chi connectivity index (χ0) is 35.8. The lowest BCUT2D eigenvalue weighted by molar-refractivity contribution is 0.627. The molecule has 0 saturated heterocycles. The highest BCUT2D eigenvalue weighted by atomic mass is 19.1. The fourth-order valence-corrected chi connectivity index (χ4v) is 8.52. The number of benzene rings is 8. The Bertz CT molecular complexity index is 2340. The number of rotatable bonds is 4. The molecule has 8 aromatic rings. The van der Waals surface area contributed by atoms with Gasteiger partial charge < -0.3 is 0 Å². The van der Waals surface area contributed by atoms with E-state index in [9.17, 15) is 17.6 Å². The van der Waals surface area contributed by atoms with Crippen LogP contribution in [0.4, 0.5) is 17.6 Å². The second-order valence-electron chi connectivity index (χ2n) is 13.8. The largest absolute Gasteiger partial charge is 0.207 e. The summed E-state index contributed by atoms with van der Waals surface area (Å²) in [6, 6.07) is 52.1. The number of fused-ring (bicyclic) bond motifs is 10. The molecule has 0 bridgehead atoms. The van der Waals surface area contributed by atoms with Crippen LogP contribution in [0.5, 0.6) is 0 Å². The molecule has 1 spiro atoms. The van der Waals surface area contributed by atoms with E-state index in [1.165, 1.54) is 48.5 Å². The van der Waals surface area contributed by atoms with Gasteiger partial charge in [0.1, 0.15) is 23.3 Å². The summed E-state index contributed by atoms with van der Waals surface area (Å²) in [5.74, 6) is -1.19. The van der Waals surface area contributed by atoms with Gasteiger partial charge >= 0.3 is 0 Å². The van der Waals surface area contributed by atoms with Crippen LogP contribution in [0.2, 0.25) is 0 Å². The third-order valence-electron chi connectivity index (χ3n) is 11.0. The smallest absolute Gasteiger partial charge is 0.123 e. The van der Waals surface area contributed by atoms with E-state index >= 15 is 0 Å². The molecule has 53 heavy (non-hydrogen) atoms. The monoisotopic (exact) mass is 692 g/mol. The van der Waals surface area contributed by atoms with Gasteiger partial charge in [-0.15, -0.1) is 0 Å². The Morgan fingerprint density at radius 1 is 0.226 bits per heavy atom. The first kappa shape index (κ1) is 31.2.